The molecule has 160 valence electrons. The Morgan fingerprint density at radius 2 is 1.97 bits per heavy atom. The van der Waals surface area contributed by atoms with Crippen LogP contribution in [0.5, 0.6) is 0 Å². The van der Waals surface area contributed by atoms with Crippen molar-refractivity contribution in [1.29, 1.82) is 0 Å². The molecule has 1 atom stereocenters. The van der Waals surface area contributed by atoms with Crippen LogP contribution in [0, 0.1) is 4.77 Å². The lowest BCUT2D eigenvalue weighted by Crippen LogP contribution is -2.46. The fraction of sp³-hybridized carbons (Fsp3) is 0.545. The molecular weight excluding hydrogens is 396 g/mol. The number of aromatic nitrogens is 4. The first-order chi connectivity index (χ1) is 14.7. The summed E-state index contributed by atoms with van der Waals surface area (Å²) in [6, 6.07) is 8.37. The quantitative estimate of drug-likeness (QED) is 0.613. The van der Waals surface area contributed by atoms with Crippen LogP contribution < -0.4 is 0 Å². The van der Waals surface area contributed by atoms with Gasteiger partial charge in [0.2, 0.25) is 0 Å². The Labute approximate surface area is 182 Å². The van der Waals surface area contributed by atoms with Crippen LogP contribution in [0.15, 0.2) is 30.5 Å². The smallest absolute Gasteiger partial charge is 0.199 e. The molecule has 1 N–H and O–H groups in total. The lowest BCUT2D eigenvalue weighted by atomic mass is 10.1. The molecule has 0 bridgehead atoms. The lowest BCUT2D eigenvalue weighted by Gasteiger charge is -2.33. The van der Waals surface area contributed by atoms with Gasteiger partial charge in [-0.25, -0.2) is 4.68 Å². The van der Waals surface area contributed by atoms with Crippen LogP contribution >= 0.6 is 12.2 Å². The Bertz CT molecular complexity index is 1060. The molecule has 3 aromatic rings. The number of nitrogens with one attached hydrogen (secondary N) is 1. The third kappa shape index (κ3) is 3.85. The van der Waals surface area contributed by atoms with Gasteiger partial charge in [-0.05, 0) is 37.7 Å². The maximum atomic E-state index is 5.93. The van der Waals surface area contributed by atoms with E-state index < -0.39 is 0 Å². The molecular formula is C22H30N6OS. The number of ether oxygens (including phenoxy) is 1. The molecule has 7 nitrogen and oxygen atoms in total. The van der Waals surface area contributed by atoms with Crippen LogP contribution in [0.3, 0.4) is 0 Å². The highest BCUT2D eigenvalue weighted by Gasteiger charge is 2.23. The van der Waals surface area contributed by atoms with Gasteiger partial charge in [-0.3, -0.25) is 9.47 Å². The zero-order chi connectivity index (χ0) is 20.5. The molecule has 2 saturated heterocycles. The molecule has 0 unspecified atom stereocenters. The lowest BCUT2D eigenvalue weighted by molar-refractivity contribution is 0.0954. The number of hydrogen-bond acceptors (Lipinski definition) is 5. The van der Waals surface area contributed by atoms with Crippen molar-refractivity contribution in [2.24, 2.45) is 0 Å². The minimum atomic E-state index is 0.214. The van der Waals surface area contributed by atoms with Crippen molar-refractivity contribution in [2.75, 3.05) is 39.3 Å². The van der Waals surface area contributed by atoms with E-state index in [9.17, 15) is 0 Å². The highest BCUT2D eigenvalue weighted by Crippen LogP contribution is 2.29. The molecule has 5 rings (SSSR count). The summed E-state index contributed by atoms with van der Waals surface area (Å²) < 4.78 is 10.9. The number of para-hydroxylation sites is 1. The normalized spacial score (nSPS) is 21.0. The SMILES string of the molecule is CCN1CCN(Cn2nc(-c3c[nH]c4ccccc34)n(C[C@H]3CCCO3)c2=S)CC1. The molecule has 2 aromatic heterocycles. The molecule has 2 fully saturated rings. The summed E-state index contributed by atoms with van der Waals surface area (Å²) in [6.45, 7) is 10.0. The summed E-state index contributed by atoms with van der Waals surface area (Å²) >= 11 is 5.92. The fourth-order valence-corrected chi connectivity index (χ4v) is 4.84. The van der Waals surface area contributed by atoms with Crippen molar-refractivity contribution in [2.45, 2.75) is 39.1 Å². The van der Waals surface area contributed by atoms with Crippen molar-refractivity contribution in [3.8, 4) is 11.4 Å². The Kier molecular flexibility index (Phi) is 5.73. The molecule has 2 aliphatic heterocycles. The second kappa shape index (κ2) is 8.63. The fourth-order valence-electron chi connectivity index (χ4n) is 4.58. The summed E-state index contributed by atoms with van der Waals surface area (Å²) in [5, 5.41) is 6.20. The topological polar surface area (TPSA) is 54.2 Å². The van der Waals surface area contributed by atoms with Gasteiger partial charge >= 0.3 is 0 Å². The zero-order valence-corrected chi connectivity index (χ0v) is 18.4. The van der Waals surface area contributed by atoms with E-state index in [1.165, 1.54) is 5.39 Å². The van der Waals surface area contributed by atoms with Crippen molar-refractivity contribution in [3.05, 3.63) is 35.2 Å². The minimum absolute atomic E-state index is 0.214. The molecule has 0 spiro atoms. The van der Waals surface area contributed by atoms with E-state index in [0.29, 0.717) is 0 Å². The Hall–Kier alpha value is -2.00. The van der Waals surface area contributed by atoms with Crippen LogP contribution in [0.4, 0.5) is 0 Å². The summed E-state index contributed by atoms with van der Waals surface area (Å²) in [5.74, 6) is 0.931. The molecule has 1 aromatic carbocycles. The largest absolute Gasteiger partial charge is 0.376 e. The predicted octanol–water partition coefficient (Wildman–Crippen LogP) is 3.34. The van der Waals surface area contributed by atoms with Gasteiger partial charge in [0.1, 0.15) is 0 Å². The van der Waals surface area contributed by atoms with Gasteiger partial charge in [-0.15, -0.1) is 0 Å². The maximum Gasteiger partial charge on any atom is 0.199 e. The molecule has 4 heterocycles. The van der Waals surface area contributed by atoms with E-state index in [1.807, 2.05) is 4.68 Å². The van der Waals surface area contributed by atoms with E-state index in [1.54, 1.807) is 0 Å². The van der Waals surface area contributed by atoms with Crippen LogP contribution in [-0.2, 0) is 18.0 Å². The highest BCUT2D eigenvalue weighted by atomic mass is 32.1. The number of H-pyrrole nitrogens is 1. The summed E-state index contributed by atoms with van der Waals surface area (Å²) in [7, 11) is 0. The number of fused-ring (bicyclic) bond motifs is 1. The van der Waals surface area contributed by atoms with Crippen LogP contribution in [0.2, 0.25) is 0 Å². The predicted molar refractivity (Wildman–Crippen MR) is 121 cm³/mol. The van der Waals surface area contributed by atoms with Crippen molar-refractivity contribution >= 4 is 23.1 Å². The summed E-state index contributed by atoms with van der Waals surface area (Å²) in [5.41, 5.74) is 2.22. The van der Waals surface area contributed by atoms with E-state index in [-0.39, 0.29) is 6.10 Å². The van der Waals surface area contributed by atoms with Gasteiger partial charge in [0, 0.05) is 55.4 Å². The molecule has 30 heavy (non-hydrogen) atoms. The molecule has 2 aliphatic rings. The van der Waals surface area contributed by atoms with Crippen molar-refractivity contribution in [1.82, 2.24) is 29.1 Å². The van der Waals surface area contributed by atoms with Gasteiger partial charge in [-0.2, -0.15) is 5.10 Å². The summed E-state index contributed by atoms with van der Waals surface area (Å²) in [4.78, 5) is 8.32. The average molecular weight is 427 g/mol. The number of nitrogens with zero attached hydrogens (tertiary/aromatic N) is 5. The van der Waals surface area contributed by atoms with E-state index in [0.717, 1.165) is 87.1 Å². The van der Waals surface area contributed by atoms with Crippen LogP contribution in [-0.4, -0.2) is 74.6 Å². The maximum absolute atomic E-state index is 5.93. The summed E-state index contributed by atoms with van der Waals surface area (Å²) in [6.07, 6.45) is 4.47. The second-order valence-electron chi connectivity index (χ2n) is 8.29. The number of piperazine rings is 1. The number of aromatic amines is 1. The number of likely N-dealkylation sites (N-methyl/N-ethyl adjacent to an activating group) is 1. The molecule has 0 amide bonds. The van der Waals surface area contributed by atoms with Gasteiger partial charge < -0.3 is 14.6 Å². The van der Waals surface area contributed by atoms with E-state index in [4.69, 9.17) is 22.1 Å². The van der Waals surface area contributed by atoms with Crippen molar-refractivity contribution < 1.29 is 4.74 Å². The highest BCUT2D eigenvalue weighted by molar-refractivity contribution is 7.71. The second-order valence-corrected chi connectivity index (χ2v) is 8.66. The standard InChI is InChI=1S/C22H30N6OS/c1-2-25-9-11-26(12-10-25)16-28-22(30)27(15-17-6-5-13-29-17)21(24-28)19-14-23-20-8-4-3-7-18(19)20/h3-4,7-8,14,17,23H,2,5-6,9-13,15-16H2,1H3/t17-/m1/s1. The average Bonchev–Trinajstić information content (AvgIpc) is 3.51. The Morgan fingerprint density at radius 1 is 1.17 bits per heavy atom. The first-order valence-corrected chi connectivity index (χ1v) is 11.4. The number of hydrogen-bond donors (Lipinski definition) is 1. The van der Waals surface area contributed by atoms with E-state index in [2.05, 4.69) is 56.7 Å². The Morgan fingerprint density at radius 3 is 2.73 bits per heavy atom. The van der Waals surface area contributed by atoms with Crippen LogP contribution in [0.25, 0.3) is 22.3 Å². The van der Waals surface area contributed by atoms with Crippen molar-refractivity contribution in [3.63, 3.8) is 0 Å². The van der Waals surface area contributed by atoms with Gasteiger partial charge in [0.25, 0.3) is 0 Å². The molecule has 8 heteroatoms. The third-order valence-electron chi connectivity index (χ3n) is 6.41. The monoisotopic (exact) mass is 426 g/mol. The molecule has 0 aliphatic carbocycles. The number of rotatable bonds is 6. The molecule has 0 radical (unpaired) electrons. The number of benzene rings is 1. The first-order valence-electron chi connectivity index (χ1n) is 11.0. The third-order valence-corrected chi connectivity index (χ3v) is 6.84. The molecule has 0 saturated carbocycles. The van der Waals surface area contributed by atoms with Gasteiger partial charge in [0.05, 0.1) is 19.3 Å². The van der Waals surface area contributed by atoms with E-state index >= 15 is 0 Å². The van der Waals surface area contributed by atoms with Gasteiger partial charge in [-0.1, -0.05) is 25.1 Å². The first kappa shape index (κ1) is 19.9. The van der Waals surface area contributed by atoms with Crippen LogP contribution in [0.1, 0.15) is 19.8 Å². The minimum Gasteiger partial charge on any atom is -0.376 e. The Balaban J connectivity index is 1.49. The van der Waals surface area contributed by atoms with Gasteiger partial charge in [0.15, 0.2) is 10.6 Å². The zero-order valence-electron chi connectivity index (χ0n) is 17.6.